The predicted molar refractivity (Wildman–Crippen MR) is 118 cm³/mol. The van der Waals surface area contributed by atoms with Crippen molar-refractivity contribution in [2.45, 2.75) is 20.4 Å². The number of carbonyl (C=O) groups excluding carboxylic acids is 1. The maximum absolute atomic E-state index is 12.9. The molecule has 1 aromatic carbocycles. The number of nitrogens with one attached hydrogen (secondary N) is 2. The van der Waals surface area contributed by atoms with Crippen LogP contribution in [0.3, 0.4) is 0 Å². The van der Waals surface area contributed by atoms with E-state index in [4.69, 9.17) is 16.6 Å². The molecule has 1 fully saturated rings. The second kappa shape index (κ2) is 8.26. The number of amides is 1. The number of aromatic nitrogens is 2. The monoisotopic (exact) mass is 430 g/mol. The highest BCUT2D eigenvalue weighted by molar-refractivity contribution is 7.20. The lowest BCUT2D eigenvalue weighted by Crippen LogP contribution is -3.12. The number of quaternary nitrogens is 1. The van der Waals surface area contributed by atoms with Gasteiger partial charge >= 0.3 is 0 Å². The van der Waals surface area contributed by atoms with Gasteiger partial charge in [-0.2, -0.15) is 0 Å². The van der Waals surface area contributed by atoms with Gasteiger partial charge in [0.25, 0.3) is 5.91 Å². The number of hydrogen-bond acceptors (Lipinski definition) is 5. The Hall–Kier alpha value is -2.22. The van der Waals surface area contributed by atoms with Crippen LogP contribution in [0.25, 0.3) is 10.2 Å². The first-order valence-electron chi connectivity index (χ1n) is 9.79. The van der Waals surface area contributed by atoms with Gasteiger partial charge in [0.2, 0.25) is 0 Å². The molecule has 1 amide bonds. The molecule has 8 heteroatoms. The molecule has 0 atom stereocenters. The van der Waals surface area contributed by atoms with Gasteiger partial charge in [-0.3, -0.25) is 4.79 Å². The zero-order valence-corrected chi connectivity index (χ0v) is 18.5. The van der Waals surface area contributed by atoms with E-state index in [0.717, 1.165) is 59.2 Å². The summed E-state index contributed by atoms with van der Waals surface area (Å²) >= 11 is 7.38. The molecule has 0 spiro atoms. The number of halogens is 1. The van der Waals surface area contributed by atoms with Crippen molar-refractivity contribution in [3.05, 3.63) is 51.1 Å². The summed E-state index contributed by atoms with van der Waals surface area (Å²) in [4.78, 5) is 27.7. The number of rotatable bonds is 4. The number of benzene rings is 1. The Kier molecular flexibility index (Phi) is 5.72. The molecule has 0 unspecified atom stereocenters. The lowest BCUT2D eigenvalue weighted by molar-refractivity contribution is -0.880. The van der Waals surface area contributed by atoms with Crippen LogP contribution in [0, 0.1) is 13.8 Å². The Labute approximate surface area is 179 Å². The fraction of sp³-hybridized carbons (Fsp3) is 0.381. The first-order valence-corrected chi connectivity index (χ1v) is 11.0. The predicted octanol–water partition coefficient (Wildman–Crippen LogP) is 2.23. The van der Waals surface area contributed by atoms with Crippen molar-refractivity contribution in [3.63, 3.8) is 0 Å². The molecule has 0 saturated carbocycles. The Morgan fingerprint density at radius 3 is 2.59 bits per heavy atom. The minimum absolute atomic E-state index is 0.0770. The summed E-state index contributed by atoms with van der Waals surface area (Å²) < 4.78 is 0. The molecule has 0 radical (unpaired) electrons. The van der Waals surface area contributed by atoms with Crippen LogP contribution < -0.4 is 15.1 Å². The smallest absolute Gasteiger partial charge is 0.261 e. The van der Waals surface area contributed by atoms with E-state index in [1.54, 1.807) is 0 Å². The maximum Gasteiger partial charge on any atom is 0.261 e. The number of carbonyl (C=O) groups is 1. The molecule has 3 heterocycles. The first kappa shape index (κ1) is 20.1. The number of hydrogen-bond donors (Lipinski definition) is 2. The average Bonchev–Trinajstić information content (AvgIpc) is 3.03. The average molecular weight is 431 g/mol. The molecule has 29 heavy (non-hydrogen) atoms. The Bertz CT molecular complexity index is 1040. The van der Waals surface area contributed by atoms with E-state index in [1.807, 2.05) is 38.1 Å². The molecule has 2 aromatic heterocycles. The molecule has 1 aliphatic rings. The number of aryl methyl sites for hydroxylation is 2. The Morgan fingerprint density at radius 2 is 1.90 bits per heavy atom. The summed E-state index contributed by atoms with van der Waals surface area (Å²) in [7, 11) is 2.22. The number of nitrogens with zero attached hydrogens (tertiary/aromatic N) is 3. The largest absolute Gasteiger partial charge is 0.347 e. The van der Waals surface area contributed by atoms with Crippen LogP contribution in [0.4, 0.5) is 5.82 Å². The van der Waals surface area contributed by atoms with E-state index in [-0.39, 0.29) is 5.91 Å². The lowest BCUT2D eigenvalue weighted by atomic mass is 10.1. The molecule has 0 aliphatic carbocycles. The van der Waals surface area contributed by atoms with Crippen LogP contribution in [0.5, 0.6) is 0 Å². The van der Waals surface area contributed by atoms with Gasteiger partial charge in [0, 0.05) is 11.6 Å². The molecule has 0 bridgehead atoms. The number of likely N-dealkylation sites (N-methyl/N-ethyl adjacent to an activating group) is 1. The van der Waals surface area contributed by atoms with E-state index in [2.05, 4.69) is 22.2 Å². The van der Waals surface area contributed by atoms with Gasteiger partial charge in [0.1, 0.15) is 16.5 Å². The summed E-state index contributed by atoms with van der Waals surface area (Å²) in [5.74, 6) is 1.63. The van der Waals surface area contributed by atoms with Crippen LogP contribution >= 0.6 is 22.9 Å². The van der Waals surface area contributed by atoms with Gasteiger partial charge in [-0.05, 0) is 37.1 Å². The third-order valence-electron chi connectivity index (χ3n) is 5.37. The van der Waals surface area contributed by atoms with Crippen LogP contribution in [-0.2, 0) is 6.54 Å². The maximum atomic E-state index is 12.9. The lowest BCUT2D eigenvalue weighted by Gasteiger charge is -2.31. The highest BCUT2D eigenvalue weighted by Crippen LogP contribution is 2.35. The van der Waals surface area contributed by atoms with Crippen molar-refractivity contribution >= 4 is 44.9 Å². The van der Waals surface area contributed by atoms with Gasteiger partial charge in [-0.15, -0.1) is 11.3 Å². The highest BCUT2D eigenvalue weighted by Gasteiger charge is 2.25. The summed E-state index contributed by atoms with van der Waals surface area (Å²) in [6.07, 6.45) is 0. The molecule has 152 valence electrons. The quantitative estimate of drug-likeness (QED) is 0.666. The summed E-state index contributed by atoms with van der Waals surface area (Å²) in [6, 6.07) is 7.50. The number of anilines is 1. The summed E-state index contributed by atoms with van der Waals surface area (Å²) in [6.45, 7) is 8.47. The molecule has 1 saturated heterocycles. The van der Waals surface area contributed by atoms with Crippen LogP contribution in [0.2, 0.25) is 5.02 Å². The summed E-state index contributed by atoms with van der Waals surface area (Å²) in [5, 5.41) is 4.72. The Morgan fingerprint density at radius 1 is 1.21 bits per heavy atom. The molecule has 2 N–H and O–H groups in total. The fourth-order valence-corrected chi connectivity index (χ4v) is 4.90. The first-order chi connectivity index (χ1) is 13.9. The SMILES string of the molecule is Cc1nc(N2CC[NH+](C)CC2)c2c(C)c(C(=O)NCc3ccc(Cl)cc3)sc2n1. The minimum atomic E-state index is -0.0770. The molecule has 3 aromatic rings. The van der Waals surface area contributed by atoms with Crippen molar-refractivity contribution < 1.29 is 9.69 Å². The van der Waals surface area contributed by atoms with Crippen LogP contribution in [0.1, 0.15) is 26.6 Å². The number of thiophene rings is 1. The van der Waals surface area contributed by atoms with Crippen molar-refractivity contribution in [3.8, 4) is 0 Å². The molecule has 4 rings (SSSR count). The zero-order chi connectivity index (χ0) is 20.5. The highest BCUT2D eigenvalue weighted by atomic mass is 35.5. The second-order valence-corrected chi connectivity index (χ2v) is 9.02. The van der Waals surface area contributed by atoms with E-state index in [9.17, 15) is 4.79 Å². The van der Waals surface area contributed by atoms with E-state index >= 15 is 0 Å². The molecular formula is C21H25ClN5OS+. The normalized spacial score (nSPS) is 15.1. The topological polar surface area (TPSA) is 62.6 Å². The van der Waals surface area contributed by atoms with Crippen molar-refractivity contribution in [1.29, 1.82) is 0 Å². The van der Waals surface area contributed by atoms with Crippen LogP contribution in [-0.4, -0.2) is 49.1 Å². The standard InChI is InChI=1S/C21H24ClN5OS/c1-13-17-19(27-10-8-26(3)9-11-27)24-14(2)25-21(17)29-18(13)20(28)23-12-15-4-6-16(22)7-5-15/h4-7H,8-12H2,1-3H3,(H,23,28)/p+1. The molecular weight excluding hydrogens is 406 g/mol. The van der Waals surface area contributed by atoms with Gasteiger partial charge in [-0.25, -0.2) is 9.97 Å². The minimum Gasteiger partial charge on any atom is -0.347 e. The third-order valence-corrected chi connectivity index (χ3v) is 6.81. The fourth-order valence-electron chi connectivity index (χ4n) is 3.63. The van der Waals surface area contributed by atoms with Gasteiger partial charge in [0.15, 0.2) is 0 Å². The van der Waals surface area contributed by atoms with Gasteiger partial charge in [-0.1, -0.05) is 23.7 Å². The van der Waals surface area contributed by atoms with Gasteiger partial charge in [0.05, 0.1) is 43.5 Å². The van der Waals surface area contributed by atoms with E-state index < -0.39 is 0 Å². The van der Waals surface area contributed by atoms with Gasteiger partial charge < -0.3 is 15.1 Å². The van der Waals surface area contributed by atoms with Crippen molar-refractivity contribution in [1.82, 2.24) is 15.3 Å². The number of piperazine rings is 1. The van der Waals surface area contributed by atoms with Crippen LogP contribution in [0.15, 0.2) is 24.3 Å². The number of fused-ring (bicyclic) bond motifs is 1. The van der Waals surface area contributed by atoms with Crippen molar-refractivity contribution in [2.75, 3.05) is 38.1 Å². The van der Waals surface area contributed by atoms with E-state index in [1.165, 1.54) is 16.2 Å². The molecule has 6 nitrogen and oxygen atoms in total. The summed E-state index contributed by atoms with van der Waals surface area (Å²) in [5.41, 5.74) is 1.97. The Balaban J connectivity index is 1.62. The zero-order valence-electron chi connectivity index (χ0n) is 16.9. The second-order valence-electron chi connectivity index (χ2n) is 7.58. The third kappa shape index (κ3) is 4.22. The van der Waals surface area contributed by atoms with E-state index in [0.29, 0.717) is 16.4 Å². The van der Waals surface area contributed by atoms with Crippen molar-refractivity contribution in [2.24, 2.45) is 0 Å². The molecule has 1 aliphatic heterocycles.